The summed E-state index contributed by atoms with van der Waals surface area (Å²) in [5.74, 6) is 0. The Hall–Kier alpha value is -1.08. The van der Waals surface area contributed by atoms with Crippen molar-refractivity contribution in [3.05, 3.63) is 48.0 Å². The molecule has 1 heteroatoms. The molecule has 0 bridgehead atoms. The molecule has 0 unspecified atom stereocenters. The van der Waals surface area contributed by atoms with Crippen molar-refractivity contribution in [1.29, 1.82) is 0 Å². The highest BCUT2D eigenvalue weighted by molar-refractivity contribution is 5.20. The predicted molar refractivity (Wildman–Crippen MR) is 55.4 cm³/mol. The molecule has 0 radical (unpaired) electrons. The molecule has 0 amide bonds. The number of benzene rings is 1. The highest BCUT2D eigenvalue weighted by Crippen LogP contribution is 2.13. The van der Waals surface area contributed by atoms with E-state index in [2.05, 4.69) is 6.92 Å². The van der Waals surface area contributed by atoms with Gasteiger partial charge >= 0.3 is 0 Å². The maximum atomic E-state index is 9.66. The Morgan fingerprint density at radius 3 is 2.62 bits per heavy atom. The van der Waals surface area contributed by atoms with Crippen molar-refractivity contribution >= 4 is 0 Å². The third-order valence-corrected chi connectivity index (χ3v) is 1.91. The Labute approximate surface area is 79.7 Å². The lowest BCUT2D eigenvalue weighted by Crippen LogP contribution is -1.91. The van der Waals surface area contributed by atoms with E-state index in [1.54, 1.807) is 0 Å². The fourth-order valence-electron chi connectivity index (χ4n) is 1.15. The SMILES string of the molecule is CCC/C=C/[C@H](O)c1ccccc1. The Bertz CT molecular complexity index is 251. The van der Waals surface area contributed by atoms with Gasteiger partial charge in [-0.05, 0) is 12.0 Å². The number of rotatable bonds is 4. The second-order valence-corrected chi connectivity index (χ2v) is 3.07. The normalized spacial score (nSPS) is 13.4. The molecular weight excluding hydrogens is 160 g/mol. The summed E-state index contributed by atoms with van der Waals surface area (Å²) in [4.78, 5) is 0. The monoisotopic (exact) mass is 176 g/mol. The summed E-state index contributed by atoms with van der Waals surface area (Å²) < 4.78 is 0. The molecule has 1 nitrogen and oxygen atoms in total. The molecule has 70 valence electrons. The number of unbranched alkanes of at least 4 members (excludes halogenated alkanes) is 1. The van der Waals surface area contributed by atoms with E-state index in [0.717, 1.165) is 18.4 Å². The molecule has 0 heterocycles. The van der Waals surface area contributed by atoms with Gasteiger partial charge in [-0.25, -0.2) is 0 Å². The number of aliphatic hydroxyl groups is 1. The minimum atomic E-state index is -0.451. The van der Waals surface area contributed by atoms with Crippen LogP contribution in [0.3, 0.4) is 0 Å². The van der Waals surface area contributed by atoms with Crippen LogP contribution in [0.25, 0.3) is 0 Å². The minimum absolute atomic E-state index is 0.451. The summed E-state index contributed by atoms with van der Waals surface area (Å²) in [6.07, 6.45) is 5.58. The standard InChI is InChI=1S/C12H16O/c1-2-3-5-10-12(13)11-8-6-4-7-9-11/h4-10,12-13H,2-3H2,1H3/b10-5+/t12-/m0/s1. The molecule has 1 aromatic rings. The molecule has 13 heavy (non-hydrogen) atoms. The quantitative estimate of drug-likeness (QED) is 0.699. The summed E-state index contributed by atoms with van der Waals surface area (Å²) in [5.41, 5.74) is 0.954. The molecule has 1 rings (SSSR count). The molecule has 1 N–H and O–H groups in total. The van der Waals surface area contributed by atoms with Gasteiger partial charge in [0.25, 0.3) is 0 Å². The molecule has 0 aliphatic heterocycles. The first-order chi connectivity index (χ1) is 6.34. The van der Waals surface area contributed by atoms with E-state index < -0.39 is 6.10 Å². The topological polar surface area (TPSA) is 20.2 Å². The Morgan fingerprint density at radius 1 is 1.31 bits per heavy atom. The zero-order valence-electron chi connectivity index (χ0n) is 7.98. The molecule has 0 spiro atoms. The van der Waals surface area contributed by atoms with E-state index in [0.29, 0.717) is 0 Å². The third kappa shape index (κ3) is 3.43. The fourth-order valence-corrected chi connectivity index (χ4v) is 1.15. The lowest BCUT2D eigenvalue weighted by atomic mass is 10.1. The average Bonchev–Trinajstić information content (AvgIpc) is 2.19. The van der Waals surface area contributed by atoms with Crippen molar-refractivity contribution in [1.82, 2.24) is 0 Å². The molecule has 0 aromatic heterocycles. The second kappa shape index (κ2) is 5.55. The van der Waals surface area contributed by atoms with Crippen molar-refractivity contribution in [2.45, 2.75) is 25.9 Å². The second-order valence-electron chi connectivity index (χ2n) is 3.07. The number of allylic oxidation sites excluding steroid dienone is 1. The number of hydrogen-bond donors (Lipinski definition) is 1. The average molecular weight is 176 g/mol. The molecule has 1 aromatic carbocycles. The van der Waals surface area contributed by atoms with Gasteiger partial charge in [0, 0.05) is 0 Å². The van der Waals surface area contributed by atoms with Gasteiger partial charge in [-0.2, -0.15) is 0 Å². The van der Waals surface area contributed by atoms with Crippen LogP contribution in [-0.4, -0.2) is 5.11 Å². The lowest BCUT2D eigenvalue weighted by molar-refractivity contribution is 0.228. The van der Waals surface area contributed by atoms with Crippen LogP contribution in [0.2, 0.25) is 0 Å². The zero-order chi connectivity index (χ0) is 9.52. The number of aliphatic hydroxyl groups excluding tert-OH is 1. The number of hydrogen-bond acceptors (Lipinski definition) is 1. The van der Waals surface area contributed by atoms with Crippen molar-refractivity contribution in [3.63, 3.8) is 0 Å². The van der Waals surface area contributed by atoms with E-state index >= 15 is 0 Å². The van der Waals surface area contributed by atoms with Gasteiger partial charge in [0.1, 0.15) is 0 Å². The van der Waals surface area contributed by atoms with Crippen molar-refractivity contribution in [2.75, 3.05) is 0 Å². The van der Waals surface area contributed by atoms with Crippen molar-refractivity contribution < 1.29 is 5.11 Å². The van der Waals surface area contributed by atoms with Crippen LogP contribution in [0.15, 0.2) is 42.5 Å². The van der Waals surface area contributed by atoms with Crippen molar-refractivity contribution in [3.8, 4) is 0 Å². The van der Waals surface area contributed by atoms with Crippen LogP contribution in [0, 0.1) is 0 Å². The van der Waals surface area contributed by atoms with Crippen LogP contribution in [0.4, 0.5) is 0 Å². The molecule has 0 saturated heterocycles. The summed E-state index contributed by atoms with van der Waals surface area (Å²) in [6, 6.07) is 9.69. The molecule has 0 aliphatic carbocycles. The van der Waals surface area contributed by atoms with Gasteiger partial charge < -0.3 is 5.11 Å². The van der Waals surface area contributed by atoms with E-state index in [9.17, 15) is 5.11 Å². The first-order valence-corrected chi connectivity index (χ1v) is 4.74. The van der Waals surface area contributed by atoms with Crippen molar-refractivity contribution in [2.24, 2.45) is 0 Å². The van der Waals surface area contributed by atoms with Gasteiger partial charge in [-0.3, -0.25) is 0 Å². The highest BCUT2D eigenvalue weighted by atomic mass is 16.3. The summed E-state index contributed by atoms with van der Waals surface area (Å²) >= 11 is 0. The summed E-state index contributed by atoms with van der Waals surface area (Å²) in [7, 11) is 0. The van der Waals surface area contributed by atoms with Gasteiger partial charge in [0.05, 0.1) is 6.10 Å². The predicted octanol–water partition coefficient (Wildman–Crippen LogP) is 3.08. The fraction of sp³-hybridized carbons (Fsp3) is 0.333. The van der Waals surface area contributed by atoms with Crippen LogP contribution < -0.4 is 0 Å². The summed E-state index contributed by atoms with van der Waals surface area (Å²) in [5, 5.41) is 9.66. The van der Waals surface area contributed by atoms with Crippen LogP contribution >= 0.6 is 0 Å². The van der Waals surface area contributed by atoms with Gasteiger partial charge in [0.15, 0.2) is 0 Å². The van der Waals surface area contributed by atoms with Crippen LogP contribution in [0.5, 0.6) is 0 Å². The molecular formula is C12H16O. The van der Waals surface area contributed by atoms with Crippen LogP contribution in [-0.2, 0) is 0 Å². The lowest BCUT2D eigenvalue weighted by Gasteiger charge is -2.04. The third-order valence-electron chi connectivity index (χ3n) is 1.91. The van der Waals surface area contributed by atoms with Gasteiger partial charge in [0.2, 0.25) is 0 Å². The molecule has 0 fully saturated rings. The van der Waals surface area contributed by atoms with E-state index in [4.69, 9.17) is 0 Å². The maximum absolute atomic E-state index is 9.66. The van der Waals surface area contributed by atoms with Gasteiger partial charge in [-0.1, -0.05) is 55.8 Å². The molecule has 1 atom stereocenters. The first kappa shape index (κ1) is 10.0. The largest absolute Gasteiger partial charge is 0.384 e. The maximum Gasteiger partial charge on any atom is 0.0971 e. The zero-order valence-corrected chi connectivity index (χ0v) is 7.98. The van der Waals surface area contributed by atoms with E-state index in [-0.39, 0.29) is 0 Å². The minimum Gasteiger partial charge on any atom is -0.384 e. The Balaban J connectivity index is 2.53. The highest BCUT2D eigenvalue weighted by Gasteiger charge is 1.99. The molecule has 0 saturated carbocycles. The Morgan fingerprint density at radius 2 is 2.00 bits per heavy atom. The van der Waals surface area contributed by atoms with Crippen LogP contribution in [0.1, 0.15) is 31.4 Å². The smallest absolute Gasteiger partial charge is 0.0971 e. The molecule has 0 aliphatic rings. The first-order valence-electron chi connectivity index (χ1n) is 4.74. The van der Waals surface area contributed by atoms with E-state index in [1.165, 1.54) is 0 Å². The van der Waals surface area contributed by atoms with Gasteiger partial charge in [-0.15, -0.1) is 0 Å². The Kier molecular flexibility index (Phi) is 4.27. The van der Waals surface area contributed by atoms with E-state index in [1.807, 2.05) is 42.5 Å². The summed E-state index contributed by atoms with van der Waals surface area (Å²) in [6.45, 7) is 2.12.